The van der Waals surface area contributed by atoms with Gasteiger partial charge in [-0.05, 0) is 35.9 Å². The van der Waals surface area contributed by atoms with Crippen LogP contribution in [0.3, 0.4) is 0 Å². The molecule has 122 valence electrons. The third-order valence-corrected chi connectivity index (χ3v) is 4.80. The highest BCUT2D eigenvalue weighted by atomic mass is 32.2. The molecular formula is C17H18FNO3S. The second kappa shape index (κ2) is 7.89. The van der Waals surface area contributed by atoms with Gasteiger partial charge < -0.3 is 10.5 Å². The first-order valence-electron chi connectivity index (χ1n) is 7.05. The van der Waals surface area contributed by atoms with Gasteiger partial charge in [-0.2, -0.15) is 0 Å². The molecule has 0 spiro atoms. The zero-order valence-electron chi connectivity index (χ0n) is 12.5. The number of rotatable bonds is 7. The Kier molecular flexibility index (Phi) is 5.90. The summed E-state index contributed by atoms with van der Waals surface area (Å²) < 4.78 is 43.1. The minimum atomic E-state index is -3.43. The van der Waals surface area contributed by atoms with Gasteiger partial charge in [-0.3, -0.25) is 0 Å². The topological polar surface area (TPSA) is 69.4 Å². The minimum absolute atomic E-state index is 0.0675. The third kappa shape index (κ3) is 5.19. The van der Waals surface area contributed by atoms with Gasteiger partial charge in [0.05, 0.1) is 10.6 Å². The van der Waals surface area contributed by atoms with Crippen LogP contribution in [0.1, 0.15) is 5.56 Å². The van der Waals surface area contributed by atoms with E-state index in [0.29, 0.717) is 5.75 Å². The average molecular weight is 335 g/mol. The van der Waals surface area contributed by atoms with Crippen LogP contribution in [-0.4, -0.2) is 21.6 Å². The van der Waals surface area contributed by atoms with Crippen LogP contribution >= 0.6 is 0 Å². The Balaban J connectivity index is 2.05. The second-order valence-corrected chi connectivity index (χ2v) is 6.88. The van der Waals surface area contributed by atoms with E-state index in [9.17, 15) is 12.8 Å². The van der Waals surface area contributed by atoms with Crippen molar-refractivity contribution >= 4 is 9.84 Å². The molecule has 0 aliphatic heterocycles. The highest BCUT2D eigenvalue weighted by molar-refractivity contribution is 7.90. The molecule has 0 saturated carbocycles. The predicted molar refractivity (Wildman–Crippen MR) is 87.5 cm³/mol. The number of nitrogens with two attached hydrogens (primary N) is 1. The monoisotopic (exact) mass is 335 g/mol. The van der Waals surface area contributed by atoms with Crippen LogP contribution in [-0.2, 0) is 15.6 Å². The quantitative estimate of drug-likeness (QED) is 0.845. The summed E-state index contributed by atoms with van der Waals surface area (Å²) in [5.74, 6) is -0.139. The zero-order chi connectivity index (χ0) is 16.7. The Bertz CT molecular complexity index is 756. The molecule has 0 bridgehead atoms. The number of ether oxygens (including phenoxy) is 1. The van der Waals surface area contributed by atoms with E-state index >= 15 is 0 Å². The van der Waals surface area contributed by atoms with Gasteiger partial charge >= 0.3 is 0 Å². The number of hydrogen-bond donors (Lipinski definition) is 1. The van der Waals surface area contributed by atoms with Crippen LogP contribution in [0.25, 0.3) is 0 Å². The SMILES string of the molecule is NCC=C(F)COc1ccc(S(=O)(=O)Cc2ccccc2)cc1. The maximum Gasteiger partial charge on any atom is 0.182 e. The molecule has 0 aliphatic carbocycles. The number of halogens is 1. The highest BCUT2D eigenvalue weighted by Crippen LogP contribution is 2.20. The Hall–Kier alpha value is -2.18. The van der Waals surface area contributed by atoms with Crippen LogP contribution in [0.2, 0.25) is 0 Å². The van der Waals surface area contributed by atoms with Gasteiger partial charge in [0.15, 0.2) is 9.84 Å². The lowest BCUT2D eigenvalue weighted by atomic mass is 10.2. The summed E-state index contributed by atoms with van der Waals surface area (Å²) in [6, 6.07) is 14.9. The van der Waals surface area contributed by atoms with Crippen LogP contribution in [0, 0.1) is 0 Å². The lowest BCUT2D eigenvalue weighted by molar-refractivity contribution is 0.318. The maximum atomic E-state index is 13.2. The first-order chi connectivity index (χ1) is 11.0. The number of hydrogen-bond acceptors (Lipinski definition) is 4. The minimum Gasteiger partial charge on any atom is -0.487 e. The van der Waals surface area contributed by atoms with E-state index in [0.717, 1.165) is 5.56 Å². The fourth-order valence-corrected chi connectivity index (χ4v) is 3.31. The number of benzene rings is 2. The molecule has 0 atom stereocenters. The van der Waals surface area contributed by atoms with E-state index in [1.165, 1.54) is 30.3 Å². The van der Waals surface area contributed by atoms with E-state index in [-0.39, 0.29) is 23.8 Å². The molecule has 2 rings (SSSR count). The van der Waals surface area contributed by atoms with Crippen LogP contribution in [0.4, 0.5) is 4.39 Å². The molecule has 2 aromatic rings. The highest BCUT2D eigenvalue weighted by Gasteiger charge is 2.15. The zero-order valence-corrected chi connectivity index (χ0v) is 13.3. The van der Waals surface area contributed by atoms with Crippen molar-refractivity contribution in [3.63, 3.8) is 0 Å². The van der Waals surface area contributed by atoms with E-state index < -0.39 is 15.7 Å². The number of sulfone groups is 1. The van der Waals surface area contributed by atoms with Crippen molar-refractivity contribution in [3.05, 3.63) is 72.1 Å². The second-order valence-electron chi connectivity index (χ2n) is 4.89. The smallest absolute Gasteiger partial charge is 0.182 e. The predicted octanol–water partition coefficient (Wildman–Crippen LogP) is 2.85. The fraction of sp³-hybridized carbons (Fsp3) is 0.176. The Morgan fingerprint density at radius 1 is 1.09 bits per heavy atom. The van der Waals surface area contributed by atoms with Crippen LogP contribution < -0.4 is 10.5 Å². The summed E-state index contributed by atoms with van der Waals surface area (Å²) in [6.45, 7) is -0.126. The summed E-state index contributed by atoms with van der Waals surface area (Å²) in [6.07, 6.45) is 1.22. The van der Waals surface area contributed by atoms with Crippen molar-refractivity contribution in [2.75, 3.05) is 13.2 Å². The molecule has 0 fully saturated rings. The Morgan fingerprint density at radius 3 is 2.35 bits per heavy atom. The van der Waals surface area contributed by atoms with Gasteiger partial charge in [0, 0.05) is 6.54 Å². The average Bonchev–Trinajstić information content (AvgIpc) is 2.54. The summed E-state index contributed by atoms with van der Waals surface area (Å²) in [5, 5.41) is 0. The molecule has 0 aromatic heterocycles. The Labute approximate surface area is 135 Å². The molecule has 0 aliphatic rings. The molecule has 2 N–H and O–H groups in total. The maximum absolute atomic E-state index is 13.2. The summed E-state index contributed by atoms with van der Waals surface area (Å²) in [4.78, 5) is 0.201. The van der Waals surface area contributed by atoms with E-state index in [1.807, 2.05) is 6.07 Å². The summed E-state index contributed by atoms with van der Waals surface area (Å²) in [5.41, 5.74) is 5.91. The molecule has 0 amide bonds. The molecule has 6 heteroatoms. The van der Waals surface area contributed by atoms with E-state index in [1.54, 1.807) is 24.3 Å². The molecule has 2 aromatic carbocycles. The lowest BCUT2D eigenvalue weighted by Gasteiger charge is -2.07. The molecule has 0 radical (unpaired) electrons. The van der Waals surface area contributed by atoms with Crippen LogP contribution in [0.15, 0.2) is 71.4 Å². The van der Waals surface area contributed by atoms with Crippen molar-refractivity contribution in [1.82, 2.24) is 0 Å². The molecule has 0 unspecified atom stereocenters. The normalized spacial score (nSPS) is 12.2. The fourth-order valence-electron chi connectivity index (χ4n) is 1.96. The molecule has 4 nitrogen and oxygen atoms in total. The van der Waals surface area contributed by atoms with Crippen molar-refractivity contribution in [2.24, 2.45) is 5.73 Å². The molecule has 0 saturated heterocycles. The van der Waals surface area contributed by atoms with Crippen molar-refractivity contribution in [1.29, 1.82) is 0 Å². The van der Waals surface area contributed by atoms with Gasteiger partial charge in [-0.25, -0.2) is 12.8 Å². The van der Waals surface area contributed by atoms with E-state index in [4.69, 9.17) is 10.5 Å². The van der Waals surface area contributed by atoms with Gasteiger partial charge in [-0.15, -0.1) is 0 Å². The summed E-state index contributed by atoms with van der Waals surface area (Å²) in [7, 11) is -3.43. The summed E-state index contributed by atoms with van der Waals surface area (Å²) >= 11 is 0. The largest absolute Gasteiger partial charge is 0.487 e. The first-order valence-corrected chi connectivity index (χ1v) is 8.70. The van der Waals surface area contributed by atoms with Gasteiger partial charge in [-0.1, -0.05) is 30.3 Å². The van der Waals surface area contributed by atoms with Gasteiger partial charge in [0.2, 0.25) is 0 Å². The molecule has 23 heavy (non-hydrogen) atoms. The third-order valence-electron chi connectivity index (χ3n) is 3.10. The molecular weight excluding hydrogens is 317 g/mol. The van der Waals surface area contributed by atoms with Crippen LogP contribution in [0.5, 0.6) is 5.75 Å². The van der Waals surface area contributed by atoms with Gasteiger partial charge in [0.25, 0.3) is 0 Å². The van der Waals surface area contributed by atoms with Crippen molar-refractivity contribution in [2.45, 2.75) is 10.6 Å². The van der Waals surface area contributed by atoms with Crippen molar-refractivity contribution < 1.29 is 17.5 Å². The standard InChI is InChI=1S/C17H18FNO3S/c18-15(10-11-19)12-22-16-6-8-17(9-7-16)23(20,21)13-14-4-2-1-3-5-14/h1-10H,11-13,19H2. The first kappa shape index (κ1) is 17.2. The Morgan fingerprint density at radius 2 is 1.74 bits per heavy atom. The van der Waals surface area contributed by atoms with Crippen molar-refractivity contribution in [3.8, 4) is 5.75 Å². The van der Waals surface area contributed by atoms with Gasteiger partial charge in [0.1, 0.15) is 18.2 Å². The lowest BCUT2D eigenvalue weighted by Crippen LogP contribution is -2.05. The molecule has 0 heterocycles. The van der Waals surface area contributed by atoms with E-state index in [2.05, 4.69) is 0 Å².